The first-order chi connectivity index (χ1) is 6.90. The van der Waals surface area contributed by atoms with E-state index in [1.54, 1.807) is 0 Å². The number of urea groups is 1. The second-order valence-electron chi connectivity index (χ2n) is 5.44. The van der Waals surface area contributed by atoms with Crippen molar-refractivity contribution < 1.29 is 4.79 Å². The van der Waals surface area contributed by atoms with Crippen LogP contribution in [0.5, 0.6) is 0 Å². The molecular formula is C11H23N3O. The molecule has 1 N–H and O–H groups in total. The topological polar surface area (TPSA) is 35.6 Å². The van der Waals surface area contributed by atoms with Gasteiger partial charge >= 0.3 is 6.03 Å². The van der Waals surface area contributed by atoms with E-state index >= 15 is 0 Å². The fourth-order valence-corrected chi connectivity index (χ4v) is 1.88. The van der Waals surface area contributed by atoms with Crippen molar-refractivity contribution in [3.8, 4) is 0 Å². The lowest BCUT2D eigenvalue weighted by Gasteiger charge is -2.34. The summed E-state index contributed by atoms with van der Waals surface area (Å²) in [4.78, 5) is 15.7. The van der Waals surface area contributed by atoms with Crippen molar-refractivity contribution >= 4 is 6.03 Å². The van der Waals surface area contributed by atoms with E-state index in [1.165, 1.54) is 0 Å². The highest BCUT2D eigenvalue weighted by molar-refractivity contribution is 5.74. The number of carbonyl (C=O) groups excluding carboxylic acids is 1. The van der Waals surface area contributed by atoms with Gasteiger partial charge in [-0.05, 0) is 5.41 Å². The molecule has 1 aliphatic heterocycles. The molecule has 1 saturated heterocycles. The Bertz CT molecular complexity index is 216. The molecule has 0 atom stereocenters. The summed E-state index contributed by atoms with van der Waals surface area (Å²) in [6, 6.07) is 0.159. The minimum atomic E-state index is 0.159. The molecular weight excluding hydrogens is 190 g/mol. The lowest BCUT2D eigenvalue weighted by molar-refractivity contribution is 0.141. The van der Waals surface area contributed by atoms with E-state index in [0.717, 1.165) is 32.7 Å². The summed E-state index contributed by atoms with van der Waals surface area (Å²) in [7, 11) is 1.88. The molecule has 0 aromatic rings. The third-order valence-corrected chi connectivity index (χ3v) is 2.43. The van der Waals surface area contributed by atoms with Crippen LogP contribution in [-0.2, 0) is 0 Å². The Morgan fingerprint density at radius 2 is 1.87 bits per heavy atom. The molecule has 2 amide bonds. The van der Waals surface area contributed by atoms with E-state index in [9.17, 15) is 4.79 Å². The van der Waals surface area contributed by atoms with Gasteiger partial charge in [0.15, 0.2) is 0 Å². The number of carbonyl (C=O) groups is 1. The lowest BCUT2D eigenvalue weighted by Crippen LogP contribution is -2.51. The molecule has 0 aromatic carbocycles. The van der Waals surface area contributed by atoms with E-state index in [4.69, 9.17) is 0 Å². The van der Waals surface area contributed by atoms with Crippen molar-refractivity contribution in [1.82, 2.24) is 15.1 Å². The molecule has 88 valence electrons. The summed E-state index contributed by atoms with van der Waals surface area (Å²) < 4.78 is 0. The van der Waals surface area contributed by atoms with Crippen LogP contribution >= 0.6 is 0 Å². The Labute approximate surface area is 92.6 Å². The summed E-state index contributed by atoms with van der Waals surface area (Å²) in [5, 5.41) is 3.24. The van der Waals surface area contributed by atoms with E-state index in [2.05, 4.69) is 26.1 Å². The molecule has 1 heterocycles. The van der Waals surface area contributed by atoms with Crippen LogP contribution in [0.25, 0.3) is 0 Å². The molecule has 0 unspecified atom stereocenters. The molecule has 4 nitrogen and oxygen atoms in total. The van der Waals surface area contributed by atoms with Crippen LogP contribution in [0.3, 0.4) is 0 Å². The molecule has 1 aliphatic rings. The summed E-state index contributed by atoms with van der Waals surface area (Å²) >= 11 is 0. The molecule has 15 heavy (non-hydrogen) atoms. The van der Waals surface area contributed by atoms with Gasteiger partial charge in [0.2, 0.25) is 0 Å². The zero-order valence-electron chi connectivity index (χ0n) is 10.3. The third-order valence-electron chi connectivity index (χ3n) is 2.43. The number of nitrogens with one attached hydrogen (secondary N) is 1. The molecule has 0 aliphatic carbocycles. The zero-order chi connectivity index (χ0) is 11.5. The Kier molecular flexibility index (Phi) is 3.97. The van der Waals surface area contributed by atoms with Gasteiger partial charge in [-0.1, -0.05) is 20.8 Å². The predicted molar refractivity (Wildman–Crippen MR) is 61.9 cm³/mol. The molecule has 0 radical (unpaired) electrons. The van der Waals surface area contributed by atoms with Crippen LogP contribution in [0.15, 0.2) is 0 Å². The first-order valence-corrected chi connectivity index (χ1v) is 5.61. The Morgan fingerprint density at radius 3 is 2.33 bits per heavy atom. The van der Waals surface area contributed by atoms with E-state index < -0.39 is 0 Å². The number of nitrogens with zero attached hydrogens (tertiary/aromatic N) is 2. The Hall–Kier alpha value is -0.770. The Morgan fingerprint density at radius 1 is 1.33 bits per heavy atom. The van der Waals surface area contributed by atoms with Gasteiger partial charge in [-0.3, -0.25) is 0 Å². The summed E-state index contributed by atoms with van der Waals surface area (Å²) in [5.74, 6) is 0. The molecule has 0 bridgehead atoms. The fraction of sp³-hybridized carbons (Fsp3) is 0.909. The molecule has 0 spiro atoms. The number of amides is 2. The van der Waals surface area contributed by atoms with Gasteiger partial charge < -0.3 is 15.1 Å². The molecule has 0 saturated carbocycles. The van der Waals surface area contributed by atoms with Crippen molar-refractivity contribution in [2.45, 2.75) is 20.8 Å². The third kappa shape index (κ3) is 4.08. The second kappa shape index (κ2) is 4.84. The Balaban J connectivity index is 2.44. The maximum atomic E-state index is 12.0. The quantitative estimate of drug-likeness (QED) is 0.705. The van der Waals surface area contributed by atoms with Crippen LogP contribution in [0, 0.1) is 5.41 Å². The molecule has 4 heteroatoms. The predicted octanol–water partition coefficient (Wildman–Crippen LogP) is 0.990. The van der Waals surface area contributed by atoms with Crippen LogP contribution in [0.1, 0.15) is 20.8 Å². The summed E-state index contributed by atoms with van der Waals surface area (Å²) in [5.41, 5.74) is 0.165. The van der Waals surface area contributed by atoms with Crippen LogP contribution in [0.4, 0.5) is 4.79 Å². The average molecular weight is 213 g/mol. The fourth-order valence-electron chi connectivity index (χ4n) is 1.88. The standard InChI is InChI=1S/C11H23N3O/c1-11(2,3)9-13(4)10(15)14-7-5-12-6-8-14/h12H,5-9H2,1-4H3. The van der Waals surface area contributed by atoms with Crippen LogP contribution in [0.2, 0.25) is 0 Å². The normalized spacial score (nSPS) is 17.7. The van der Waals surface area contributed by atoms with Gasteiger partial charge in [0.05, 0.1) is 0 Å². The van der Waals surface area contributed by atoms with Crippen molar-refractivity contribution in [2.75, 3.05) is 39.8 Å². The second-order valence-corrected chi connectivity index (χ2v) is 5.44. The highest BCUT2D eigenvalue weighted by Gasteiger charge is 2.23. The van der Waals surface area contributed by atoms with Gasteiger partial charge in [0, 0.05) is 39.8 Å². The van der Waals surface area contributed by atoms with Crippen molar-refractivity contribution in [3.05, 3.63) is 0 Å². The van der Waals surface area contributed by atoms with E-state index in [-0.39, 0.29) is 11.4 Å². The van der Waals surface area contributed by atoms with Gasteiger partial charge in [-0.2, -0.15) is 0 Å². The summed E-state index contributed by atoms with van der Waals surface area (Å²) in [6.07, 6.45) is 0. The zero-order valence-corrected chi connectivity index (χ0v) is 10.3. The highest BCUT2D eigenvalue weighted by atomic mass is 16.2. The average Bonchev–Trinajstić information content (AvgIpc) is 2.15. The largest absolute Gasteiger partial charge is 0.327 e. The maximum Gasteiger partial charge on any atom is 0.319 e. The van der Waals surface area contributed by atoms with Crippen LogP contribution in [-0.4, -0.2) is 55.6 Å². The lowest BCUT2D eigenvalue weighted by atomic mass is 9.96. The van der Waals surface area contributed by atoms with Crippen molar-refractivity contribution in [1.29, 1.82) is 0 Å². The van der Waals surface area contributed by atoms with Gasteiger partial charge in [0.25, 0.3) is 0 Å². The number of piperazine rings is 1. The van der Waals surface area contributed by atoms with Crippen LogP contribution < -0.4 is 5.32 Å². The van der Waals surface area contributed by atoms with Gasteiger partial charge in [-0.25, -0.2) is 4.79 Å². The van der Waals surface area contributed by atoms with Gasteiger partial charge in [-0.15, -0.1) is 0 Å². The van der Waals surface area contributed by atoms with Gasteiger partial charge in [0.1, 0.15) is 0 Å². The SMILES string of the molecule is CN(CC(C)(C)C)C(=O)N1CCNCC1. The molecule has 0 aromatic heterocycles. The first kappa shape index (κ1) is 12.3. The maximum absolute atomic E-state index is 12.0. The van der Waals surface area contributed by atoms with Crippen molar-refractivity contribution in [3.63, 3.8) is 0 Å². The minimum absolute atomic E-state index is 0.159. The molecule has 1 rings (SSSR count). The van der Waals surface area contributed by atoms with E-state index in [1.807, 2.05) is 16.8 Å². The van der Waals surface area contributed by atoms with Crippen molar-refractivity contribution in [2.24, 2.45) is 5.41 Å². The monoisotopic (exact) mass is 213 g/mol. The van der Waals surface area contributed by atoms with E-state index in [0.29, 0.717) is 0 Å². The number of rotatable bonds is 1. The minimum Gasteiger partial charge on any atom is -0.327 e. The first-order valence-electron chi connectivity index (χ1n) is 5.61. The summed E-state index contributed by atoms with van der Waals surface area (Å²) in [6.45, 7) is 10.7. The smallest absolute Gasteiger partial charge is 0.319 e. The highest BCUT2D eigenvalue weighted by Crippen LogP contribution is 2.15. The number of hydrogen-bond donors (Lipinski definition) is 1. The number of hydrogen-bond acceptors (Lipinski definition) is 2. The molecule has 1 fully saturated rings.